The summed E-state index contributed by atoms with van der Waals surface area (Å²) in [5.41, 5.74) is 1.81. The van der Waals surface area contributed by atoms with E-state index in [1.54, 1.807) is 0 Å². The van der Waals surface area contributed by atoms with E-state index < -0.39 is 0 Å². The molecule has 0 aliphatic rings. The molecule has 0 bridgehead atoms. The molecule has 18 heavy (non-hydrogen) atoms. The number of fused-ring (bicyclic) bond motifs is 1. The van der Waals surface area contributed by atoms with E-state index in [2.05, 4.69) is 38.7 Å². The summed E-state index contributed by atoms with van der Waals surface area (Å²) in [6, 6.07) is 14.4. The third-order valence-electron chi connectivity index (χ3n) is 2.90. The maximum absolute atomic E-state index is 4.20. The Morgan fingerprint density at radius 1 is 1.00 bits per heavy atom. The van der Waals surface area contributed by atoms with Gasteiger partial charge in [-0.25, -0.2) is 4.98 Å². The van der Waals surface area contributed by atoms with Gasteiger partial charge in [-0.2, -0.15) is 0 Å². The number of rotatable bonds is 2. The van der Waals surface area contributed by atoms with Crippen LogP contribution in [0.25, 0.3) is 22.0 Å². The Bertz CT molecular complexity index is 689. The van der Waals surface area contributed by atoms with Gasteiger partial charge in [-0.1, -0.05) is 42.5 Å². The van der Waals surface area contributed by atoms with E-state index in [0.29, 0.717) is 0 Å². The highest BCUT2D eigenvalue weighted by atomic mass is 15.2. The van der Waals surface area contributed by atoms with Crippen molar-refractivity contribution in [2.45, 2.75) is 0 Å². The van der Waals surface area contributed by atoms with Crippen LogP contribution in [0.1, 0.15) is 0 Å². The van der Waals surface area contributed by atoms with Crippen molar-refractivity contribution in [2.24, 2.45) is 0 Å². The zero-order valence-electron chi connectivity index (χ0n) is 9.96. The fraction of sp³-hybridized carbons (Fsp3) is 0.0714. The van der Waals surface area contributed by atoms with Gasteiger partial charge in [-0.15, -0.1) is 10.2 Å². The van der Waals surface area contributed by atoms with Crippen molar-refractivity contribution >= 4 is 16.6 Å². The molecule has 4 heteroatoms. The van der Waals surface area contributed by atoms with Crippen LogP contribution in [0, 0.1) is 0 Å². The van der Waals surface area contributed by atoms with E-state index in [4.69, 9.17) is 0 Å². The van der Waals surface area contributed by atoms with Crippen LogP contribution in [0.4, 0.5) is 5.82 Å². The van der Waals surface area contributed by atoms with E-state index in [0.717, 1.165) is 22.5 Å². The predicted molar refractivity (Wildman–Crippen MR) is 72.3 cm³/mol. The number of aromatic nitrogens is 3. The highest BCUT2D eigenvalue weighted by Gasteiger charge is 2.10. The number of hydrogen-bond donors (Lipinski definition) is 1. The van der Waals surface area contributed by atoms with Gasteiger partial charge in [0, 0.05) is 12.6 Å². The van der Waals surface area contributed by atoms with E-state index >= 15 is 0 Å². The van der Waals surface area contributed by atoms with Crippen LogP contribution in [0.2, 0.25) is 0 Å². The van der Waals surface area contributed by atoms with Crippen molar-refractivity contribution in [3.8, 4) is 11.3 Å². The molecule has 0 spiro atoms. The smallest absolute Gasteiger partial charge is 0.156 e. The Hall–Kier alpha value is -2.49. The molecule has 0 aliphatic carbocycles. The van der Waals surface area contributed by atoms with Gasteiger partial charge >= 0.3 is 0 Å². The lowest BCUT2D eigenvalue weighted by Crippen LogP contribution is -1.99. The first kappa shape index (κ1) is 10.7. The molecule has 88 valence electrons. The van der Waals surface area contributed by atoms with Gasteiger partial charge in [0.1, 0.15) is 12.0 Å². The molecule has 1 aromatic heterocycles. The molecule has 0 saturated carbocycles. The quantitative estimate of drug-likeness (QED) is 0.743. The maximum Gasteiger partial charge on any atom is 0.156 e. The van der Waals surface area contributed by atoms with E-state index in [9.17, 15) is 0 Å². The zero-order valence-corrected chi connectivity index (χ0v) is 9.96. The van der Waals surface area contributed by atoms with Crippen LogP contribution in [0.3, 0.4) is 0 Å². The highest BCUT2D eigenvalue weighted by molar-refractivity contribution is 5.97. The van der Waals surface area contributed by atoms with Gasteiger partial charge in [0.05, 0.1) is 0 Å². The van der Waals surface area contributed by atoms with Crippen molar-refractivity contribution in [3.05, 3.63) is 48.8 Å². The second-order valence-corrected chi connectivity index (χ2v) is 3.93. The fourth-order valence-electron chi connectivity index (χ4n) is 2.07. The summed E-state index contributed by atoms with van der Waals surface area (Å²) in [5, 5.41) is 13.5. The summed E-state index contributed by atoms with van der Waals surface area (Å²) in [7, 11) is 1.83. The summed E-state index contributed by atoms with van der Waals surface area (Å²) >= 11 is 0. The van der Waals surface area contributed by atoms with Crippen LogP contribution >= 0.6 is 0 Å². The molecule has 0 atom stereocenters. The Balaban J connectivity index is 2.32. The van der Waals surface area contributed by atoms with E-state index in [1.165, 1.54) is 11.7 Å². The molecule has 1 heterocycles. The molecule has 3 aromatic rings. The third-order valence-corrected chi connectivity index (χ3v) is 2.90. The van der Waals surface area contributed by atoms with Crippen LogP contribution in [-0.4, -0.2) is 22.2 Å². The Labute approximate surface area is 105 Å². The largest absolute Gasteiger partial charge is 0.371 e. The van der Waals surface area contributed by atoms with Crippen LogP contribution < -0.4 is 5.32 Å². The van der Waals surface area contributed by atoms with Gasteiger partial charge in [0.15, 0.2) is 5.82 Å². The summed E-state index contributed by atoms with van der Waals surface area (Å²) in [4.78, 5) is 4.20. The normalized spacial score (nSPS) is 10.5. The summed E-state index contributed by atoms with van der Waals surface area (Å²) < 4.78 is 0. The van der Waals surface area contributed by atoms with Crippen LogP contribution in [-0.2, 0) is 0 Å². The molecule has 1 N–H and O–H groups in total. The van der Waals surface area contributed by atoms with Crippen molar-refractivity contribution < 1.29 is 0 Å². The Morgan fingerprint density at radius 3 is 2.72 bits per heavy atom. The van der Waals surface area contributed by atoms with Gasteiger partial charge in [0.2, 0.25) is 0 Å². The van der Waals surface area contributed by atoms with Crippen LogP contribution in [0.5, 0.6) is 0 Å². The lowest BCUT2D eigenvalue weighted by atomic mass is 10.0. The van der Waals surface area contributed by atoms with Gasteiger partial charge in [0.25, 0.3) is 0 Å². The monoisotopic (exact) mass is 236 g/mol. The summed E-state index contributed by atoms with van der Waals surface area (Å²) in [5.74, 6) is 0.737. The molecule has 2 aromatic carbocycles. The van der Waals surface area contributed by atoms with Gasteiger partial charge < -0.3 is 5.32 Å². The first-order chi connectivity index (χ1) is 8.90. The SMILES string of the molecule is CNc1ncnnc1-c1cccc2ccccc12. The molecular weight excluding hydrogens is 224 g/mol. The second kappa shape index (κ2) is 4.41. The zero-order chi connectivity index (χ0) is 12.4. The molecule has 0 radical (unpaired) electrons. The number of nitrogens with one attached hydrogen (secondary N) is 1. The molecule has 0 aliphatic heterocycles. The van der Waals surface area contributed by atoms with Crippen LogP contribution in [0.15, 0.2) is 48.8 Å². The average Bonchev–Trinajstić information content (AvgIpc) is 2.46. The minimum absolute atomic E-state index is 0.737. The molecule has 0 amide bonds. The number of nitrogens with zero attached hydrogens (tertiary/aromatic N) is 3. The second-order valence-electron chi connectivity index (χ2n) is 3.93. The lowest BCUT2D eigenvalue weighted by Gasteiger charge is -2.08. The number of hydrogen-bond acceptors (Lipinski definition) is 4. The Kier molecular flexibility index (Phi) is 2.61. The molecule has 4 nitrogen and oxygen atoms in total. The summed E-state index contributed by atoms with van der Waals surface area (Å²) in [6.45, 7) is 0. The minimum Gasteiger partial charge on any atom is -0.371 e. The van der Waals surface area contributed by atoms with Gasteiger partial charge in [-0.05, 0) is 10.8 Å². The first-order valence-corrected chi connectivity index (χ1v) is 5.73. The van der Waals surface area contributed by atoms with Crippen molar-refractivity contribution in [3.63, 3.8) is 0 Å². The lowest BCUT2D eigenvalue weighted by molar-refractivity contribution is 0.979. The summed E-state index contributed by atoms with van der Waals surface area (Å²) in [6.07, 6.45) is 1.44. The average molecular weight is 236 g/mol. The highest BCUT2D eigenvalue weighted by Crippen LogP contribution is 2.29. The number of anilines is 1. The third kappa shape index (κ3) is 1.68. The molecule has 0 fully saturated rings. The molecule has 0 saturated heterocycles. The van der Waals surface area contributed by atoms with Gasteiger partial charge in [-0.3, -0.25) is 0 Å². The molecule has 3 rings (SSSR count). The van der Waals surface area contributed by atoms with E-state index in [-0.39, 0.29) is 0 Å². The minimum atomic E-state index is 0.737. The fourth-order valence-corrected chi connectivity index (χ4v) is 2.07. The topological polar surface area (TPSA) is 50.7 Å². The molecular formula is C14H12N4. The predicted octanol–water partition coefficient (Wildman–Crippen LogP) is 2.73. The maximum atomic E-state index is 4.20. The van der Waals surface area contributed by atoms with Crippen molar-refractivity contribution in [1.82, 2.24) is 15.2 Å². The molecule has 0 unspecified atom stereocenters. The van der Waals surface area contributed by atoms with E-state index in [1.807, 2.05) is 31.3 Å². The first-order valence-electron chi connectivity index (χ1n) is 5.73. The van der Waals surface area contributed by atoms with Crippen molar-refractivity contribution in [1.29, 1.82) is 0 Å². The Morgan fingerprint density at radius 2 is 1.83 bits per heavy atom. The number of benzene rings is 2. The van der Waals surface area contributed by atoms with Crippen molar-refractivity contribution in [2.75, 3.05) is 12.4 Å². The standard InChI is InChI=1S/C14H12N4/c1-15-14-13(18-17-9-16-14)12-8-4-6-10-5-2-3-7-11(10)12/h2-9H,1H3,(H,15,16,17).